The number of hydrogen-bond acceptors (Lipinski definition) is 6. The fourth-order valence-corrected chi connectivity index (χ4v) is 3.14. The number of rotatable bonds is 7. The molecule has 0 fully saturated rings. The molecule has 2 rings (SSSR count). The molecule has 0 saturated carbocycles. The van der Waals surface area contributed by atoms with E-state index in [0.717, 1.165) is 0 Å². The summed E-state index contributed by atoms with van der Waals surface area (Å²) in [4.78, 5) is 20.9. The molecule has 0 spiro atoms. The van der Waals surface area contributed by atoms with Crippen molar-refractivity contribution in [2.75, 3.05) is 25.6 Å². The Morgan fingerprint density at radius 3 is 2.22 bits per heavy atom. The largest absolute Gasteiger partial charge is 0.383 e. The molecule has 0 atom stereocenters. The third-order valence-electron chi connectivity index (χ3n) is 3.61. The molecule has 0 aliphatic carbocycles. The maximum Gasteiger partial charge on any atom is 0.255 e. The van der Waals surface area contributed by atoms with Gasteiger partial charge in [-0.25, -0.2) is 23.1 Å². The van der Waals surface area contributed by atoms with Crippen molar-refractivity contribution < 1.29 is 17.9 Å². The molecule has 1 aromatic carbocycles. The number of nitrogens with one attached hydrogen (secondary N) is 2. The number of hydrogen-bond donors (Lipinski definition) is 2. The van der Waals surface area contributed by atoms with Crippen molar-refractivity contribution in [2.24, 2.45) is 0 Å². The quantitative estimate of drug-likeness (QED) is 0.697. The predicted octanol–water partition coefficient (Wildman–Crippen LogP) is 1.95. The number of benzene rings is 1. The van der Waals surface area contributed by atoms with Crippen LogP contribution in [0.4, 0.5) is 5.69 Å². The van der Waals surface area contributed by atoms with Gasteiger partial charge < -0.3 is 10.1 Å². The van der Waals surface area contributed by atoms with E-state index in [9.17, 15) is 13.2 Å². The Morgan fingerprint density at radius 2 is 1.70 bits per heavy atom. The Hall–Kier alpha value is -2.36. The first-order valence-corrected chi connectivity index (χ1v) is 9.84. The molecule has 0 saturated heterocycles. The number of carbonyl (C=O) groups is 1. The van der Waals surface area contributed by atoms with E-state index in [1.54, 1.807) is 12.4 Å². The summed E-state index contributed by atoms with van der Waals surface area (Å²) in [6.45, 7) is 6.45. The van der Waals surface area contributed by atoms with E-state index in [2.05, 4.69) is 20.0 Å². The van der Waals surface area contributed by atoms with Crippen LogP contribution in [0.2, 0.25) is 0 Å². The SMILES string of the molecule is COCCNS(=O)(=O)c1ccc(C(=O)Nc2cnc(C(C)(C)C)nc2)cc1. The van der Waals surface area contributed by atoms with Gasteiger partial charge in [-0.1, -0.05) is 20.8 Å². The second kappa shape index (κ2) is 8.55. The fourth-order valence-electron chi connectivity index (χ4n) is 2.13. The van der Waals surface area contributed by atoms with Gasteiger partial charge in [0.2, 0.25) is 10.0 Å². The van der Waals surface area contributed by atoms with Crippen LogP contribution >= 0.6 is 0 Å². The summed E-state index contributed by atoms with van der Waals surface area (Å²) in [7, 11) is -2.14. The molecule has 2 N–H and O–H groups in total. The Kier molecular flexibility index (Phi) is 6.63. The number of nitrogens with zero attached hydrogens (tertiary/aromatic N) is 2. The van der Waals surface area contributed by atoms with Gasteiger partial charge in [0.1, 0.15) is 5.82 Å². The van der Waals surface area contributed by atoms with Gasteiger partial charge in [-0.3, -0.25) is 4.79 Å². The lowest BCUT2D eigenvalue weighted by atomic mass is 9.96. The molecular formula is C18H24N4O4S. The van der Waals surface area contributed by atoms with Crippen LogP contribution in [0.1, 0.15) is 37.0 Å². The average molecular weight is 392 g/mol. The van der Waals surface area contributed by atoms with E-state index < -0.39 is 10.0 Å². The zero-order chi connectivity index (χ0) is 20.1. The van der Waals surface area contributed by atoms with Crippen molar-refractivity contribution in [2.45, 2.75) is 31.1 Å². The summed E-state index contributed by atoms with van der Waals surface area (Å²) >= 11 is 0. The Morgan fingerprint density at radius 1 is 1.11 bits per heavy atom. The first-order valence-electron chi connectivity index (χ1n) is 8.36. The molecule has 0 bridgehead atoms. The molecule has 9 heteroatoms. The van der Waals surface area contributed by atoms with Crippen LogP contribution in [0.15, 0.2) is 41.6 Å². The van der Waals surface area contributed by atoms with Gasteiger partial charge in [0.25, 0.3) is 5.91 Å². The highest BCUT2D eigenvalue weighted by atomic mass is 32.2. The summed E-state index contributed by atoms with van der Waals surface area (Å²) in [5, 5.41) is 2.69. The second-order valence-electron chi connectivity index (χ2n) is 6.91. The summed E-state index contributed by atoms with van der Waals surface area (Å²) in [5.41, 5.74) is 0.609. The van der Waals surface area contributed by atoms with E-state index in [4.69, 9.17) is 4.74 Å². The lowest BCUT2D eigenvalue weighted by molar-refractivity contribution is 0.102. The molecule has 1 amide bonds. The average Bonchev–Trinajstić information content (AvgIpc) is 2.61. The maximum atomic E-state index is 12.3. The van der Waals surface area contributed by atoms with Gasteiger partial charge in [0, 0.05) is 24.6 Å². The van der Waals surface area contributed by atoms with Gasteiger partial charge in [0.05, 0.1) is 29.6 Å². The van der Waals surface area contributed by atoms with Gasteiger partial charge >= 0.3 is 0 Å². The Labute approximate surface area is 159 Å². The van der Waals surface area contributed by atoms with Gasteiger partial charge in [0.15, 0.2) is 0 Å². The summed E-state index contributed by atoms with van der Waals surface area (Å²) < 4.78 is 31.4. The van der Waals surface area contributed by atoms with Crippen LogP contribution < -0.4 is 10.0 Å². The normalized spacial score (nSPS) is 12.0. The Bertz CT molecular complexity index is 873. The molecular weight excluding hydrogens is 368 g/mol. The molecule has 27 heavy (non-hydrogen) atoms. The molecule has 146 valence electrons. The van der Waals surface area contributed by atoms with E-state index >= 15 is 0 Å². The van der Waals surface area contributed by atoms with Crippen LogP contribution in [0.5, 0.6) is 0 Å². The van der Waals surface area contributed by atoms with Gasteiger partial charge in [-0.15, -0.1) is 0 Å². The minimum absolute atomic E-state index is 0.0769. The van der Waals surface area contributed by atoms with Gasteiger partial charge in [-0.05, 0) is 24.3 Å². The fraction of sp³-hybridized carbons (Fsp3) is 0.389. The van der Waals surface area contributed by atoms with E-state index in [-0.39, 0.29) is 29.4 Å². The number of amides is 1. The summed E-state index contributed by atoms with van der Waals surface area (Å²) in [6.07, 6.45) is 3.09. The second-order valence-corrected chi connectivity index (χ2v) is 8.68. The number of methoxy groups -OCH3 is 1. The minimum atomic E-state index is -3.63. The molecule has 1 aromatic heterocycles. The molecule has 0 radical (unpaired) electrons. The predicted molar refractivity (Wildman–Crippen MR) is 102 cm³/mol. The van der Waals surface area contributed by atoms with E-state index in [0.29, 0.717) is 17.1 Å². The lowest BCUT2D eigenvalue weighted by Crippen LogP contribution is -2.27. The van der Waals surface area contributed by atoms with E-state index in [1.165, 1.54) is 31.4 Å². The third-order valence-corrected chi connectivity index (χ3v) is 5.08. The standard InChI is InChI=1S/C18H24N4O4S/c1-18(2,3)17-19-11-14(12-20-17)22-16(23)13-5-7-15(8-6-13)27(24,25)21-9-10-26-4/h5-8,11-12,21H,9-10H2,1-4H3,(H,22,23). The monoisotopic (exact) mass is 392 g/mol. The summed E-state index contributed by atoms with van der Waals surface area (Å²) in [6, 6.07) is 5.65. The molecule has 0 aliphatic rings. The van der Waals surface area contributed by atoms with Crippen molar-refractivity contribution >= 4 is 21.6 Å². The number of ether oxygens (including phenoxy) is 1. The third kappa shape index (κ3) is 5.81. The smallest absolute Gasteiger partial charge is 0.255 e. The first kappa shape index (κ1) is 20.9. The zero-order valence-corrected chi connectivity index (χ0v) is 16.6. The lowest BCUT2D eigenvalue weighted by Gasteiger charge is -2.16. The highest BCUT2D eigenvalue weighted by Gasteiger charge is 2.17. The molecule has 2 aromatic rings. The van der Waals surface area contributed by atoms with Crippen molar-refractivity contribution in [1.82, 2.24) is 14.7 Å². The van der Waals surface area contributed by atoms with Crippen LogP contribution in [-0.2, 0) is 20.2 Å². The van der Waals surface area contributed by atoms with Crippen LogP contribution in [-0.4, -0.2) is 44.6 Å². The van der Waals surface area contributed by atoms with Crippen LogP contribution in [0, 0.1) is 0 Å². The summed E-state index contributed by atoms with van der Waals surface area (Å²) in [5.74, 6) is 0.300. The molecule has 8 nitrogen and oxygen atoms in total. The van der Waals surface area contributed by atoms with E-state index in [1.807, 2.05) is 20.8 Å². The number of aromatic nitrogens is 2. The molecule has 0 aliphatic heterocycles. The van der Waals surface area contributed by atoms with Crippen molar-refractivity contribution in [3.8, 4) is 0 Å². The highest BCUT2D eigenvalue weighted by Crippen LogP contribution is 2.18. The van der Waals surface area contributed by atoms with Crippen molar-refractivity contribution in [1.29, 1.82) is 0 Å². The topological polar surface area (TPSA) is 110 Å². The van der Waals surface area contributed by atoms with Gasteiger partial charge in [-0.2, -0.15) is 0 Å². The number of sulfonamides is 1. The maximum absolute atomic E-state index is 12.3. The minimum Gasteiger partial charge on any atom is -0.383 e. The highest BCUT2D eigenvalue weighted by molar-refractivity contribution is 7.89. The van der Waals surface area contributed by atoms with Crippen LogP contribution in [0.3, 0.4) is 0 Å². The first-order chi connectivity index (χ1) is 12.6. The van der Waals surface area contributed by atoms with Crippen molar-refractivity contribution in [3.63, 3.8) is 0 Å². The zero-order valence-electron chi connectivity index (χ0n) is 15.8. The van der Waals surface area contributed by atoms with Crippen LogP contribution in [0.25, 0.3) is 0 Å². The molecule has 1 heterocycles. The van der Waals surface area contributed by atoms with Crippen molar-refractivity contribution in [3.05, 3.63) is 48.0 Å². The molecule has 0 unspecified atom stereocenters. The number of anilines is 1. The Balaban J connectivity index is 2.05. The number of carbonyl (C=O) groups excluding carboxylic acids is 1.